The van der Waals surface area contributed by atoms with Crippen LogP contribution in [0.2, 0.25) is 0 Å². The fourth-order valence-corrected chi connectivity index (χ4v) is 4.44. The molecule has 0 radical (unpaired) electrons. The first kappa shape index (κ1) is 21.0. The molecule has 0 aliphatic carbocycles. The van der Waals surface area contributed by atoms with Crippen molar-refractivity contribution in [3.8, 4) is 0 Å². The average Bonchev–Trinajstić information content (AvgIpc) is 3.16. The van der Waals surface area contributed by atoms with Crippen molar-refractivity contribution in [2.75, 3.05) is 18.4 Å². The number of rotatable bonds is 7. The van der Waals surface area contributed by atoms with E-state index in [4.69, 9.17) is 0 Å². The van der Waals surface area contributed by atoms with E-state index in [1.165, 1.54) is 24.2 Å². The molecule has 0 bridgehead atoms. The number of carbonyl (C=O) groups is 1. The summed E-state index contributed by atoms with van der Waals surface area (Å²) in [5.41, 5.74) is 4.09. The summed E-state index contributed by atoms with van der Waals surface area (Å²) < 4.78 is 2.02. The van der Waals surface area contributed by atoms with E-state index >= 15 is 0 Å². The van der Waals surface area contributed by atoms with Crippen LogP contribution in [0.15, 0.2) is 5.38 Å². The molecular formula is C21H33N5OS. The highest BCUT2D eigenvalue weighted by Gasteiger charge is 2.18. The summed E-state index contributed by atoms with van der Waals surface area (Å²) in [7, 11) is 0. The number of piperidine rings is 1. The van der Waals surface area contributed by atoms with Gasteiger partial charge >= 0.3 is 0 Å². The normalized spacial score (nSPS) is 16.1. The fraction of sp³-hybridized carbons (Fsp3) is 0.667. The predicted molar refractivity (Wildman–Crippen MR) is 115 cm³/mol. The van der Waals surface area contributed by atoms with Crippen LogP contribution in [0.25, 0.3) is 0 Å². The van der Waals surface area contributed by atoms with E-state index in [1.54, 1.807) is 0 Å². The van der Waals surface area contributed by atoms with Gasteiger partial charge in [0, 0.05) is 29.7 Å². The highest BCUT2D eigenvalue weighted by molar-refractivity contribution is 7.13. The van der Waals surface area contributed by atoms with Crippen LogP contribution in [-0.4, -0.2) is 38.7 Å². The molecule has 1 N–H and O–H groups in total. The molecule has 28 heavy (non-hydrogen) atoms. The molecule has 154 valence electrons. The molecule has 0 unspecified atom stereocenters. The maximum atomic E-state index is 12.6. The second-order valence-electron chi connectivity index (χ2n) is 8.55. The SMILES string of the molecule is Cc1nn(CC(C)C)c(C)c1CC(=O)Nc1nc(CN2CCC(C)CC2)cs1. The first-order valence-electron chi connectivity index (χ1n) is 10.3. The van der Waals surface area contributed by atoms with E-state index < -0.39 is 0 Å². The molecule has 0 saturated carbocycles. The Kier molecular flexibility index (Phi) is 6.88. The summed E-state index contributed by atoms with van der Waals surface area (Å²) in [4.78, 5) is 19.6. The lowest BCUT2D eigenvalue weighted by molar-refractivity contribution is -0.115. The first-order valence-corrected chi connectivity index (χ1v) is 11.2. The standard InChI is InChI=1S/C21H33N5OS/c1-14(2)11-26-17(5)19(16(4)24-26)10-20(27)23-21-22-18(13-28-21)12-25-8-6-15(3)7-9-25/h13-15H,6-12H2,1-5H3,(H,22,23,27). The van der Waals surface area contributed by atoms with Gasteiger partial charge in [0.15, 0.2) is 5.13 Å². The first-order chi connectivity index (χ1) is 13.3. The minimum atomic E-state index is -0.0250. The molecule has 1 saturated heterocycles. The molecule has 2 aromatic rings. The number of likely N-dealkylation sites (tertiary alicyclic amines) is 1. The molecular weight excluding hydrogens is 370 g/mol. The summed E-state index contributed by atoms with van der Waals surface area (Å²) in [6.45, 7) is 14.7. The Hall–Kier alpha value is -1.73. The van der Waals surface area contributed by atoms with E-state index in [0.29, 0.717) is 17.5 Å². The van der Waals surface area contributed by atoms with Crippen LogP contribution in [0.3, 0.4) is 0 Å². The molecule has 2 aromatic heterocycles. The van der Waals surface area contributed by atoms with Gasteiger partial charge in [0.05, 0.1) is 17.8 Å². The van der Waals surface area contributed by atoms with Crippen LogP contribution in [-0.2, 0) is 24.3 Å². The number of aromatic nitrogens is 3. The van der Waals surface area contributed by atoms with Crippen LogP contribution >= 0.6 is 11.3 Å². The van der Waals surface area contributed by atoms with E-state index in [2.05, 4.69) is 46.5 Å². The molecule has 3 rings (SSSR count). The van der Waals surface area contributed by atoms with Crippen molar-refractivity contribution in [2.24, 2.45) is 11.8 Å². The van der Waals surface area contributed by atoms with E-state index in [-0.39, 0.29) is 5.91 Å². The minimum Gasteiger partial charge on any atom is -0.302 e. The van der Waals surface area contributed by atoms with Gasteiger partial charge in [-0.15, -0.1) is 11.3 Å². The van der Waals surface area contributed by atoms with Crippen molar-refractivity contribution >= 4 is 22.4 Å². The highest BCUT2D eigenvalue weighted by atomic mass is 32.1. The van der Waals surface area contributed by atoms with Gasteiger partial charge in [-0.25, -0.2) is 4.98 Å². The fourth-order valence-electron chi connectivity index (χ4n) is 3.72. The monoisotopic (exact) mass is 403 g/mol. The molecule has 0 aromatic carbocycles. The number of hydrogen-bond acceptors (Lipinski definition) is 5. The molecule has 7 heteroatoms. The molecule has 1 aliphatic heterocycles. The average molecular weight is 404 g/mol. The van der Waals surface area contributed by atoms with Crippen molar-refractivity contribution in [3.63, 3.8) is 0 Å². The Labute approximate surface area is 172 Å². The second-order valence-corrected chi connectivity index (χ2v) is 9.41. The quantitative estimate of drug-likeness (QED) is 0.758. The molecule has 1 aliphatic rings. The van der Waals surface area contributed by atoms with Crippen molar-refractivity contribution < 1.29 is 4.79 Å². The van der Waals surface area contributed by atoms with Gasteiger partial charge in [-0.2, -0.15) is 5.10 Å². The van der Waals surface area contributed by atoms with Gasteiger partial charge in [-0.3, -0.25) is 14.4 Å². The maximum absolute atomic E-state index is 12.6. The summed E-state index contributed by atoms with van der Waals surface area (Å²) in [5.74, 6) is 1.33. The van der Waals surface area contributed by atoms with Gasteiger partial charge in [0.2, 0.25) is 5.91 Å². The van der Waals surface area contributed by atoms with Crippen LogP contribution in [0.4, 0.5) is 5.13 Å². The number of aryl methyl sites for hydroxylation is 1. The van der Waals surface area contributed by atoms with Crippen molar-refractivity contribution in [2.45, 2.75) is 67.0 Å². The number of carbonyl (C=O) groups excluding carboxylic acids is 1. The Balaban J connectivity index is 1.56. The van der Waals surface area contributed by atoms with Crippen LogP contribution in [0, 0.1) is 25.7 Å². The third-order valence-electron chi connectivity index (χ3n) is 5.47. The maximum Gasteiger partial charge on any atom is 0.230 e. The van der Waals surface area contributed by atoms with Crippen LogP contribution < -0.4 is 5.32 Å². The lowest BCUT2D eigenvalue weighted by atomic mass is 9.99. The van der Waals surface area contributed by atoms with Crippen LogP contribution in [0.5, 0.6) is 0 Å². The molecule has 0 spiro atoms. The van der Waals surface area contributed by atoms with Gasteiger partial charge < -0.3 is 5.32 Å². The van der Waals surface area contributed by atoms with Crippen molar-refractivity contribution in [1.29, 1.82) is 0 Å². The molecule has 1 amide bonds. The van der Waals surface area contributed by atoms with Gasteiger partial charge in [-0.1, -0.05) is 20.8 Å². The van der Waals surface area contributed by atoms with E-state index in [1.807, 2.05) is 18.5 Å². The Morgan fingerprint density at radius 1 is 1.32 bits per heavy atom. The minimum absolute atomic E-state index is 0.0250. The number of hydrogen-bond donors (Lipinski definition) is 1. The molecule has 0 atom stereocenters. The van der Waals surface area contributed by atoms with E-state index in [9.17, 15) is 4.79 Å². The van der Waals surface area contributed by atoms with Crippen molar-refractivity contribution in [1.82, 2.24) is 19.7 Å². The third kappa shape index (κ3) is 5.41. The second kappa shape index (κ2) is 9.18. The number of nitrogens with one attached hydrogen (secondary N) is 1. The molecule has 3 heterocycles. The van der Waals surface area contributed by atoms with Gasteiger partial charge in [-0.05, 0) is 51.6 Å². The summed E-state index contributed by atoms with van der Waals surface area (Å²) >= 11 is 1.51. The summed E-state index contributed by atoms with van der Waals surface area (Å²) in [6, 6.07) is 0. The van der Waals surface area contributed by atoms with E-state index in [0.717, 1.165) is 54.7 Å². The lowest BCUT2D eigenvalue weighted by Crippen LogP contribution is -2.32. The molecule has 1 fully saturated rings. The Morgan fingerprint density at radius 2 is 2.04 bits per heavy atom. The van der Waals surface area contributed by atoms with Crippen LogP contribution in [0.1, 0.15) is 56.3 Å². The number of amides is 1. The highest BCUT2D eigenvalue weighted by Crippen LogP contribution is 2.22. The lowest BCUT2D eigenvalue weighted by Gasteiger charge is -2.29. The number of thiazole rings is 1. The van der Waals surface area contributed by atoms with Gasteiger partial charge in [0.25, 0.3) is 0 Å². The Bertz CT molecular complexity index is 802. The summed E-state index contributed by atoms with van der Waals surface area (Å²) in [5, 5.41) is 10.3. The van der Waals surface area contributed by atoms with Crippen molar-refractivity contribution in [3.05, 3.63) is 28.0 Å². The predicted octanol–water partition coefficient (Wildman–Crippen LogP) is 4.03. The smallest absolute Gasteiger partial charge is 0.230 e. The third-order valence-corrected chi connectivity index (χ3v) is 6.27. The topological polar surface area (TPSA) is 63.1 Å². The van der Waals surface area contributed by atoms with Gasteiger partial charge in [0.1, 0.15) is 0 Å². The summed E-state index contributed by atoms with van der Waals surface area (Å²) in [6.07, 6.45) is 2.86. The number of anilines is 1. The number of nitrogens with zero attached hydrogens (tertiary/aromatic N) is 4. The zero-order valence-corrected chi connectivity index (χ0v) is 18.6. The molecule has 6 nitrogen and oxygen atoms in total. The zero-order chi connectivity index (χ0) is 20.3. The Morgan fingerprint density at radius 3 is 2.71 bits per heavy atom. The zero-order valence-electron chi connectivity index (χ0n) is 17.8. The largest absolute Gasteiger partial charge is 0.302 e.